The highest BCUT2D eigenvalue weighted by Crippen LogP contribution is 2.27. The zero-order valence-electron chi connectivity index (χ0n) is 17.0. The number of carbonyl (C=O) groups excluding carboxylic acids is 2. The molecule has 0 aliphatic rings. The molecule has 0 aliphatic heterocycles. The van der Waals surface area contributed by atoms with E-state index in [1.54, 1.807) is 0 Å². The minimum atomic E-state index is -0.261. The molecule has 0 fully saturated rings. The predicted molar refractivity (Wildman–Crippen MR) is 110 cm³/mol. The molecule has 0 aliphatic carbocycles. The van der Waals surface area contributed by atoms with Crippen LogP contribution in [0.3, 0.4) is 0 Å². The Bertz CT molecular complexity index is 859. The first kappa shape index (κ1) is 23.2. The van der Waals surface area contributed by atoms with Crippen molar-refractivity contribution in [3.05, 3.63) is 46.0 Å². The lowest BCUT2D eigenvalue weighted by Crippen LogP contribution is -2.25. The average molecular weight is 387 g/mol. The van der Waals surface area contributed by atoms with E-state index >= 15 is 0 Å². The van der Waals surface area contributed by atoms with Gasteiger partial charge in [-0.25, -0.2) is 4.98 Å². The number of benzene rings is 1. The Balaban J connectivity index is 0.00000190. The molecule has 0 bridgehead atoms. The lowest BCUT2D eigenvalue weighted by molar-refractivity contribution is -0.114. The van der Waals surface area contributed by atoms with Gasteiger partial charge in [0.1, 0.15) is 12.1 Å². The summed E-state index contributed by atoms with van der Waals surface area (Å²) in [5.74, 6) is 0.414. The molecular weight excluding hydrogens is 358 g/mol. The summed E-state index contributed by atoms with van der Waals surface area (Å²) < 4.78 is 1.42. The van der Waals surface area contributed by atoms with Crippen LogP contribution in [0, 0.1) is 6.92 Å². The van der Waals surface area contributed by atoms with E-state index in [2.05, 4.69) is 17.2 Å². The molecule has 2 N–H and O–H groups in total. The Morgan fingerprint density at radius 3 is 2.57 bits per heavy atom. The number of anilines is 1. The van der Waals surface area contributed by atoms with E-state index in [1.165, 1.54) is 17.6 Å². The SMILES string of the molecule is CCCCCc1nc(-c2ccc(C)cc2NC(C)=O)cc(=O)n1CC=O.CO. The van der Waals surface area contributed by atoms with Crippen LogP contribution in [0.2, 0.25) is 0 Å². The Kier molecular flexibility index (Phi) is 9.81. The molecule has 1 aromatic carbocycles. The summed E-state index contributed by atoms with van der Waals surface area (Å²) in [7, 11) is 1.00. The Morgan fingerprint density at radius 2 is 1.96 bits per heavy atom. The molecule has 0 saturated heterocycles. The molecule has 1 aromatic heterocycles. The normalized spacial score (nSPS) is 10.0. The zero-order valence-corrected chi connectivity index (χ0v) is 17.0. The Hall–Kier alpha value is -2.80. The minimum Gasteiger partial charge on any atom is -0.400 e. The number of aliphatic hydroxyl groups is 1. The Labute approximate surface area is 165 Å². The van der Waals surface area contributed by atoms with Gasteiger partial charge < -0.3 is 15.2 Å². The van der Waals surface area contributed by atoms with Gasteiger partial charge in [0.25, 0.3) is 5.56 Å². The highest BCUT2D eigenvalue weighted by atomic mass is 16.2. The fourth-order valence-electron chi connectivity index (χ4n) is 2.86. The largest absolute Gasteiger partial charge is 0.400 e. The van der Waals surface area contributed by atoms with Crippen LogP contribution in [0.4, 0.5) is 5.69 Å². The zero-order chi connectivity index (χ0) is 21.1. The molecule has 0 saturated carbocycles. The second-order valence-electron chi connectivity index (χ2n) is 6.36. The maximum atomic E-state index is 12.5. The number of nitrogens with one attached hydrogen (secondary N) is 1. The van der Waals surface area contributed by atoms with Crippen LogP contribution in [0.1, 0.15) is 44.5 Å². The van der Waals surface area contributed by atoms with Crippen LogP contribution in [0.5, 0.6) is 0 Å². The van der Waals surface area contributed by atoms with Crippen LogP contribution in [-0.4, -0.2) is 34.0 Å². The second-order valence-corrected chi connectivity index (χ2v) is 6.36. The highest BCUT2D eigenvalue weighted by molar-refractivity contribution is 5.93. The molecule has 152 valence electrons. The summed E-state index contributed by atoms with van der Waals surface area (Å²) in [6.45, 7) is 5.48. The van der Waals surface area contributed by atoms with Crippen LogP contribution >= 0.6 is 0 Å². The maximum absolute atomic E-state index is 12.5. The van der Waals surface area contributed by atoms with Gasteiger partial charge in [-0.2, -0.15) is 0 Å². The summed E-state index contributed by atoms with van der Waals surface area (Å²) in [6, 6.07) is 7.03. The number of aldehydes is 1. The fraction of sp³-hybridized carbons (Fsp3) is 0.429. The quantitative estimate of drug-likeness (QED) is 0.536. The van der Waals surface area contributed by atoms with Crippen molar-refractivity contribution in [1.29, 1.82) is 0 Å². The highest BCUT2D eigenvalue weighted by Gasteiger charge is 2.13. The topological polar surface area (TPSA) is 101 Å². The molecule has 0 atom stereocenters. The molecule has 28 heavy (non-hydrogen) atoms. The van der Waals surface area contributed by atoms with Gasteiger partial charge in [0.05, 0.1) is 17.9 Å². The van der Waals surface area contributed by atoms with E-state index in [9.17, 15) is 14.4 Å². The van der Waals surface area contributed by atoms with Gasteiger partial charge in [-0.05, 0) is 25.0 Å². The van der Waals surface area contributed by atoms with Crippen LogP contribution in [0.15, 0.2) is 29.1 Å². The number of hydrogen-bond acceptors (Lipinski definition) is 5. The number of aromatic nitrogens is 2. The van der Waals surface area contributed by atoms with Crippen molar-refractivity contribution in [2.75, 3.05) is 12.4 Å². The van der Waals surface area contributed by atoms with E-state index in [0.29, 0.717) is 35.5 Å². The fourth-order valence-corrected chi connectivity index (χ4v) is 2.86. The van der Waals surface area contributed by atoms with Crippen molar-refractivity contribution in [3.63, 3.8) is 0 Å². The van der Waals surface area contributed by atoms with E-state index in [-0.39, 0.29) is 18.0 Å². The number of hydrogen-bond donors (Lipinski definition) is 2. The first-order valence-corrected chi connectivity index (χ1v) is 9.34. The number of aryl methyl sites for hydroxylation is 2. The smallest absolute Gasteiger partial charge is 0.254 e. The van der Waals surface area contributed by atoms with Crippen molar-refractivity contribution in [1.82, 2.24) is 9.55 Å². The molecule has 1 amide bonds. The van der Waals surface area contributed by atoms with Gasteiger partial charge in [0.15, 0.2) is 0 Å². The molecule has 2 aromatic rings. The van der Waals surface area contributed by atoms with Crippen LogP contribution in [0.25, 0.3) is 11.3 Å². The number of rotatable bonds is 8. The van der Waals surface area contributed by atoms with E-state index < -0.39 is 0 Å². The molecule has 2 rings (SSSR count). The van der Waals surface area contributed by atoms with Crippen molar-refractivity contribution in [2.24, 2.45) is 0 Å². The summed E-state index contributed by atoms with van der Waals surface area (Å²) in [5.41, 5.74) is 2.56. The van der Waals surface area contributed by atoms with Crippen molar-refractivity contribution >= 4 is 17.9 Å². The molecule has 7 nitrogen and oxygen atoms in total. The van der Waals surface area contributed by atoms with Gasteiger partial charge in [0, 0.05) is 32.1 Å². The minimum absolute atomic E-state index is 0.0000224. The lowest BCUT2D eigenvalue weighted by Gasteiger charge is -2.14. The first-order chi connectivity index (χ1) is 13.5. The van der Waals surface area contributed by atoms with Crippen molar-refractivity contribution in [3.8, 4) is 11.3 Å². The monoisotopic (exact) mass is 387 g/mol. The van der Waals surface area contributed by atoms with Gasteiger partial charge in [0.2, 0.25) is 5.91 Å². The van der Waals surface area contributed by atoms with Crippen molar-refractivity contribution < 1.29 is 14.7 Å². The average Bonchev–Trinajstić information content (AvgIpc) is 2.65. The molecule has 1 heterocycles. The number of unbranched alkanes of at least 4 members (excludes halogenated alkanes) is 2. The number of carbonyl (C=O) groups is 2. The molecular formula is C21H29N3O4. The van der Waals surface area contributed by atoms with Crippen LogP contribution < -0.4 is 10.9 Å². The standard InChI is InChI=1S/C20H25N3O3.CH4O/c1-4-5-6-7-19-22-18(13-20(26)23(19)10-11-24)16-9-8-14(2)12-17(16)21-15(3)25;1-2/h8-9,11-13H,4-7,10H2,1-3H3,(H,21,25);2H,1H3. The van der Waals surface area contributed by atoms with E-state index in [1.807, 2.05) is 25.1 Å². The van der Waals surface area contributed by atoms with Crippen molar-refractivity contribution in [2.45, 2.75) is 53.0 Å². The number of nitrogens with zero attached hydrogens (tertiary/aromatic N) is 2. The summed E-state index contributed by atoms with van der Waals surface area (Å²) in [4.78, 5) is 39.6. The molecule has 0 radical (unpaired) electrons. The molecule has 0 unspecified atom stereocenters. The third-order valence-corrected chi connectivity index (χ3v) is 4.11. The third-order valence-electron chi connectivity index (χ3n) is 4.11. The molecule has 0 spiro atoms. The van der Waals surface area contributed by atoms with Crippen LogP contribution in [-0.2, 0) is 22.6 Å². The van der Waals surface area contributed by atoms with Gasteiger partial charge in [-0.1, -0.05) is 31.9 Å². The predicted octanol–water partition coefficient (Wildman–Crippen LogP) is 2.72. The van der Waals surface area contributed by atoms with Gasteiger partial charge in [-0.15, -0.1) is 0 Å². The lowest BCUT2D eigenvalue weighted by atomic mass is 10.1. The summed E-state index contributed by atoms with van der Waals surface area (Å²) in [5, 5.41) is 9.80. The summed E-state index contributed by atoms with van der Waals surface area (Å²) >= 11 is 0. The second kappa shape index (κ2) is 11.8. The number of aliphatic hydroxyl groups excluding tert-OH is 1. The molecule has 7 heteroatoms. The van der Waals surface area contributed by atoms with E-state index in [0.717, 1.165) is 31.9 Å². The maximum Gasteiger partial charge on any atom is 0.254 e. The third kappa shape index (κ3) is 6.42. The number of amides is 1. The van der Waals surface area contributed by atoms with Gasteiger partial charge >= 0.3 is 0 Å². The van der Waals surface area contributed by atoms with Gasteiger partial charge in [-0.3, -0.25) is 14.2 Å². The first-order valence-electron chi connectivity index (χ1n) is 9.34. The summed E-state index contributed by atoms with van der Waals surface area (Å²) in [6.07, 6.45) is 4.33. The Morgan fingerprint density at radius 1 is 1.25 bits per heavy atom. The van der Waals surface area contributed by atoms with E-state index in [4.69, 9.17) is 5.11 Å².